The van der Waals surface area contributed by atoms with E-state index in [2.05, 4.69) is 10.6 Å². The summed E-state index contributed by atoms with van der Waals surface area (Å²) in [4.78, 5) is 38.4. The van der Waals surface area contributed by atoms with E-state index < -0.39 is 0 Å². The number of hydrogen-bond donors (Lipinski definition) is 2. The summed E-state index contributed by atoms with van der Waals surface area (Å²) in [6.07, 6.45) is 0.564. The highest BCUT2D eigenvalue weighted by Gasteiger charge is 2.38. The Bertz CT molecular complexity index is 936. The molecule has 0 spiro atoms. The molecule has 1 heterocycles. The molecule has 0 fully saturated rings. The van der Waals surface area contributed by atoms with Gasteiger partial charge in [0.15, 0.2) is 0 Å². The lowest BCUT2D eigenvalue weighted by atomic mass is 10.0. The Balaban J connectivity index is 1.90. The molecule has 0 atom stereocenters. The number of carbonyl (C=O) groups is 3. The van der Waals surface area contributed by atoms with E-state index >= 15 is 0 Å². The summed E-state index contributed by atoms with van der Waals surface area (Å²) < 4.78 is 5.04. The van der Waals surface area contributed by atoms with Crippen molar-refractivity contribution in [2.45, 2.75) is 13.3 Å². The third kappa shape index (κ3) is 4.70. The van der Waals surface area contributed by atoms with Gasteiger partial charge in [-0.2, -0.15) is 0 Å². The van der Waals surface area contributed by atoms with E-state index in [4.69, 9.17) is 4.74 Å². The van der Waals surface area contributed by atoms with Crippen LogP contribution in [0.25, 0.3) is 5.57 Å². The van der Waals surface area contributed by atoms with Gasteiger partial charge in [-0.15, -0.1) is 0 Å². The smallest absolute Gasteiger partial charge is 0.278 e. The number of ether oxygens (including phenoxy) is 1. The standard InChI is InChI=1S/C22H23N3O4/c1-15(26)23-17-9-11-18(12-10-17)24-20-19(16-7-4-3-5-8-16)21(27)25(22(20)28)13-6-14-29-2/h3-5,7-12,24H,6,13-14H2,1-2H3,(H,23,26). The highest BCUT2D eigenvalue weighted by Crippen LogP contribution is 2.30. The summed E-state index contributed by atoms with van der Waals surface area (Å²) >= 11 is 0. The molecule has 3 rings (SSSR count). The fraction of sp³-hybridized carbons (Fsp3) is 0.227. The highest BCUT2D eigenvalue weighted by molar-refractivity contribution is 6.36. The van der Waals surface area contributed by atoms with E-state index in [1.807, 2.05) is 18.2 Å². The molecule has 2 aromatic carbocycles. The van der Waals surface area contributed by atoms with Crippen LogP contribution in [0.2, 0.25) is 0 Å². The average Bonchev–Trinajstić information content (AvgIpc) is 2.94. The molecule has 2 N–H and O–H groups in total. The van der Waals surface area contributed by atoms with Gasteiger partial charge in [0.2, 0.25) is 5.91 Å². The molecule has 0 saturated carbocycles. The van der Waals surface area contributed by atoms with Gasteiger partial charge in [-0.3, -0.25) is 19.3 Å². The average molecular weight is 393 g/mol. The van der Waals surface area contributed by atoms with Gasteiger partial charge in [0.05, 0.1) is 5.57 Å². The highest BCUT2D eigenvalue weighted by atomic mass is 16.5. The maximum absolute atomic E-state index is 13.0. The van der Waals surface area contributed by atoms with Crippen molar-refractivity contribution in [1.82, 2.24) is 4.90 Å². The molecule has 3 amide bonds. The molecule has 0 aliphatic carbocycles. The minimum atomic E-state index is -0.365. The number of amides is 3. The lowest BCUT2D eigenvalue weighted by molar-refractivity contribution is -0.137. The number of hydrogen-bond acceptors (Lipinski definition) is 5. The molecule has 1 aliphatic rings. The molecule has 7 nitrogen and oxygen atoms in total. The molecule has 1 aliphatic heterocycles. The molecule has 0 bridgehead atoms. The summed E-state index contributed by atoms with van der Waals surface area (Å²) in [6, 6.07) is 16.1. The van der Waals surface area contributed by atoms with E-state index in [1.54, 1.807) is 43.5 Å². The van der Waals surface area contributed by atoms with Crippen LogP contribution in [-0.2, 0) is 19.1 Å². The second-order valence-electron chi connectivity index (χ2n) is 6.61. The first kappa shape index (κ1) is 20.3. The molecule has 7 heteroatoms. The van der Waals surface area contributed by atoms with Crippen molar-refractivity contribution in [3.63, 3.8) is 0 Å². The normalized spacial score (nSPS) is 13.8. The summed E-state index contributed by atoms with van der Waals surface area (Å²) in [5.41, 5.74) is 2.56. The van der Waals surface area contributed by atoms with Gasteiger partial charge in [0, 0.05) is 38.6 Å². The third-order valence-electron chi connectivity index (χ3n) is 4.44. The molecular formula is C22H23N3O4. The van der Waals surface area contributed by atoms with E-state index in [0.29, 0.717) is 35.5 Å². The number of benzene rings is 2. The van der Waals surface area contributed by atoms with Crippen LogP contribution in [0.4, 0.5) is 11.4 Å². The Labute approximate surface area is 169 Å². The van der Waals surface area contributed by atoms with Crippen molar-refractivity contribution < 1.29 is 19.1 Å². The minimum absolute atomic E-state index is 0.164. The van der Waals surface area contributed by atoms with Gasteiger partial charge < -0.3 is 15.4 Å². The minimum Gasteiger partial charge on any atom is -0.385 e. The summed E-state index contributed by atoms with van der Waals surface area (Å²) in [5, 5.41) is 5.79. The lowest BCUT2D eigenvalue weighted by Gasteiger charge is -2.15. The largest absolute Gasteiger partial charge is 0.385 e. The van der Waals surface area contributed by atoms with Gasteiger partial charge in [-0.1, -0.05) is 30.3 Å². The van der Waals surface area contributed by atoms with Crippen molar-refractivity contribution in [2.75, 3.05) is 30.9 Å². The van der Waals surface area contributed by atoms with Crippen molar-refractivity contribution >= 4 is 34.7 Å². The van der Waals surface area contributed by atoms with Crippen LogP contribution in [0.15, 0.2) is 60.3 Å². The van der Waals surface area contributed by atoms with E-state index in [-0.39, 0.29) is 30.0 Å². The van der Waals surface area contributed by atoms with Gasteiger partial charge in [-0.25, -0.2) is 0 Å². The quantitative estimate of drug-likeness (QED) is 0.532. The van der Waals surface area contributed by atoms with Gasteiger partial charge in [0.25, 0.3) is 11.8 Å². The van der Waals surface area contributed by atoms with E-state index in [1.165, 1.54) is 11.8 Å². The molecule has 0 aromatic heterocycles. The number of methoxy groups -OCH3 is 1. The predicted molar refractivity (Wildman–Crippen MR) is 111 cm³/mol. The first-order chi connectivity index (χ1) is 14.0. The topological polar surface area (TPSA) is 87.7 Å². The second-order valence-corrected chi connectivity index (χ2v) is 6.61. The first-order valence-corrected chi connectivity index (χ1v) is 9.30. The Kier molecular flexibility index (Phi) is 6.41. The van der Waals surface area contributed by atoms with Crippen molar-refractivity contribution in [3.05, 3.63) is 65.9 Å². The number of carbonyl (C=O) groups excluding carboxylic acids is 3. The fourth-order valence-electron chi connectivity index (χ4n) is 3.12. The number of imide groups is 1. The summed E-state index contributed by atoms with van der Waals surface area (Å²) in [6.45, 7) is 2.18. The number of nitrogens with one attached hydrogen (secondary N) is 2. The van der Waals surface area contributed by atoms with Crippen LogP contribution in [0.3, 0.4) is 0 Å². The van der Waals surface area contributed by atoms with E-state index in [0.717, 1.165) is 0 Å². The van der Waals surface area contributed by atoms with Gasteiger partial charge in [0.1, 0.15) is 5.70 Å². The van der Waals surface area contributed by atoms with E-state index in [9.17, 15) is 14.4 Å². The van der Waals surface area contributed by atoms with Crippen LogP contribution >= 0.6 is 0 Å². The Hall–Kier alpha value is -3.45. The maximum atomic E-state index is 13.0. The van der Waals surface area contributed by atoms with Crippen molar-refractivity contribution in [3.8, 4) is 0 Å². The summed E-state index contributed by atoms with van der Waals surface area (Å²) in [5.74, 6) is -0.853. The molecule has 0 unspecified atom stereocenters. The van der Waals surface area contributed by atoms with Gasteiger partial charge in [-0.05, 0) is 36.2 Å². The van der Waals surface area contributed by atoms with Crippen LogP contribution in [0.1, 0.15) is 18.9 Å². The number of anilines is 2. The monoisotopic (exact) mass is 393 g/mol. The zero-order valence-corrected chi connectivity index (χ0v) is 16.4. The fourth-order valence-corrected chi connectivity index (χ4v) is 3.12. The Morgan fingerprint density at radius 1 is 0.966 bits per heavy atom. The SMILES string of the molecule is COCCCN1C(=O)C(Nc2ccc(NC(C)=O)cc2)=C(c2ccccc2)C1=O. The zero-order valence-electron chi connectivity index (χ0n) is 16.4. The van der Waals surface area contributed by atoms with Crippen LogP contribution < -0.4 is 10.6 Å². The van der Waals surface area contributed by atoms with Crippen LogP contribution in [0, 0.1) is 0 Å². The molecule has 2 aromatic rings. The molecule has 150 valence electrons. The van der Waals surface area contributed by atoms with Crippen molar-refractivity contribution in [1.29, 1.82) is 0 Å². The zero-order chi connectivity index (χ0) is 20.8. The Morgan fingerprint density at radius 2 is 1.62 bits per heavy atom. The van der Waals surface area contributed by atoms with Crippen molar-refractivity contribution in [2.24, 2.45) is 0 Å². The van der Waals surface area contributed by atoms with Crippen LogP contribution in [-0.4, -0.2) is 42.9 Å². The van der Waals surface area contributed by atoms with Crippen LogP contribution in [0.5, 0.6) is 0 Å². The molecule has 29 heavy (non-hydrogen) atoms. The third-order valence-corrected chi connectivity index (χ3v) is 4.44. The molecular weight excluding hydrogens is 370 g/mol. The van der Waals surface area contributed by atoms with Gasteiger partial charge >= 0.3 is 0 Å². The Morgan fingerprint density at radius 3 is 2.24 bits per heavy atom. The number of rotatable bonds is 8. The molecule has 0 radical (unpaired) electrons. The lowest BCUT2D eigenvalue weighted by Crippen LogP contribution is -2.33. The number of nitrogens with zero attached hydrogens (tertiary/aromatic N) is 1. The first-order valence-electron chi connectivity index (χ1n) is 9.30. The second kappa shape index (κ2) is 9.16. The summed E-state index contributed by atoms with van der Waals surface area (Å²) in [7, 11) is 1.58. The molecule has 0 saturated heterocycles. The predicted octanol–water partition coefficient (Wildman–Crippen LogP) is 2.87. The maximum Gasteiger partial charge on any atom is 0.278 e.